The fourth-order valence-corrected chi connectivity index (χ4v) is 1.78. The van der Waals surface area contributed by atoms with E-state index in [1.54, 1.807) is 7.11 Å². The molecule has 5 nitrogen and oxygen atoms in total. The van der Waals surface area contributed by atoms with Crippen molar-refractivity contribution in [2.75, 3.05) is 26.7 Å². The monoisotopic (exact) mass is 199 g/mol. The Balaban J connectivity index is 1.74. The number of hydrogen-bond acceptors (Lipinski definition) is 4. The van der Waals surface area contributed by atoms with Gasteiger partial charge in [-0.1, -0.05) is 0 Å². The highest BCUT2D eigenvalue weighted by Crippen LogP contribution is 2.09. The zero-order chi connectivity index (χ0) is 9.97. The average Bonchev–Trinajstić information content (AvgIpc) is 2.59. The van der Waals surface area contributed by atoms with Gasteiger partial charge in [-0.25, -0.2) is 0 Å². The largest absolute Gasteiger partial charge is 0.380 e. The molecule has 5 heteroatoms. The Labute approximate surface area is 83.6 Å². The highest BCUT2D eigenvalue weighted by Gasteiger charge is 2.31. The van der Waals surface area contributed by atoms with Gasteiger partial charge in [0.05, 0.1) is 18.2 Å². The Morgan fingerprint density at radius 1 is 1.43 bits per heavy atom. The minimum atomic E-state index is -0.0689. The predicted molar refractivity (Wildman–Crippen MR) is 52.0 cm³/mol. The topological polar surface area (TPSA) is 62.4 Å². The summed E-state index contributed by atoms with van der Waals surface area (Å²) in [5, 5.41) is 9.25. The Morgan fingerprint density at radius 3 is 2.71 bits per heavy atom. The maximum absolute atomic E-state index is 11.7. The fraction of sp³-hybridized carbons (Fsp3) is 0.889. The summed E-state index contributed by atoms with van der Waals surface area (Å²) in [4.78, 5) is 11.7. The lowest BCUT2D eigenvalue weighted by Crippen LogP contribution is -2.59. The van der Waals surface area contributed by atoms with Gasteiger partial charge in [0.15, 0.2) is 0 Å². The van der Waals surface area contributed by atoms with E-state index in [2.05, 4.69) is 16.0 Å². The van der Waals surface area contributed by atoms with Gasteiger partial charge in [-0.3, -0.25) is 4.79 Å². The first kappa shape index (κ1) is 9.89. The summed E-state index contributed by atoms with van der Waals surface area (Å²) in [5.41, 5.74) is 0. The minimum Gasteiger partial charge on any atom is -0.380 e. The molecular formula is C9H17N3O2. The Kier molecular flexibility index (Phi) is 3.00. The van der Waals surface area contributed by atoms with Gasteiger partial charge in [0.1, 0.15) is 0 Å². The first-order chi connectivity index (χ1) is 6.79. The van der Waals surface area contributed by atoms with E-state index in [9.17, 15) is 4.79 Å². The van der Waals surface area contributed by atoms with Crippen molar-refractivity contribution in [2.24, 2.45) is 0 Å². The molecule has 2 aliphatic heterocycles. The van der Waals surface area contributed by atoms with Crippen LogP contribution in [0.4, 0.5) is 0 Å². The van der Waals surface area contributed by atoms with Crippen LogP contribution in [0.5, 0.6) is 0 Å². The summed E-state index contributed by atoms with van der Waals surface area (Å²) in [6.45, 7) is 2.57. The Hall–Kier alpha value is -0.650. The molecule has 2 unspecified atom stereocenters. The van der Waals surface area contributed by atoms with Crippen LogP contribution in [-0.4, -0.2) is 50.8 Å². The average molecular weight is 199 g/mol. The van der Waals surface area contributed by atoms with Gasteiger partial charge in [-0.2, -0.15) is 0 Å². The molecule has 0 aromatic heterocycles. The van der Waals surface area contributed by atoms with Crippen molar-refractivity contribution in [2.45, 2.75) is 24.6 Å². The number of methoxy groups -OCH3 is 1. The predicted octanol–water partition coefficient (Wildman–Crippen LogP) is -1.55. The third kappa shape index (κ3) is 2.05. The third-order valence-electron chi connectivity index (χ3n) is 2.87. The molecule has 0 spiro atoms. The zero-order valence-corrected chi connectivity index (χ0v) is 8.38. The second kappa shape index (κ2) is 4.25. The van der Waals surface area contributed by atoms with Gasteiger partial charge in [-0.05, 0) is 6.42 Å². The molecule has 0 bridgehead atoms. The number of carbonyl (C=O) groups is 1. The van der Waals surface area contributed by atoms with Gasteiger partial charge in [0.25, 0.3) is 0 Å². The van der Waals surface area contributed by atoms with Crippen LogP contribution in [0.3, 0.4) is 0 Å². The molecule has 2 heterocycles. The smallest absolute Gasteiger partial charge is 0.237 e. The number of ether oxygens (including phenoxy) is 1. The maximum Gasteiger partial charge on any atom is 0.237 e. The highest BCUT2D eigenvalue weighted by molar-refractivity contribution is 5.82. The van der Waals surface area contributed by atoms with Crippen molar-refractivity contribution in [1.29, 1.82) is 0 Å². The van der Waals surface area contributed by atoms with Crippen LogP contribution in [0, 0.1) is 0 Å². The lowest BCUT2D eigenvalue weighted by atomic mass is 10.1. The van der Waals surface area contributed by atoms with E-state index >= 15 is 0 Å². The Bertz CT molecular complexity index is 218. The van der Waals surface area contributed by atoms with E-state index in [-0.39, 0.29) is 18.1 Å². The van der Waals surface area contributed by atoms with E-state index in [0.29, 0.717) is 6.04 Å². The summed E-state index contributed by atoms with van der Waals surface area (Å²) in [6, 6.07) is 0.256. The van der Waals surface area contributed by atoms with Crippen molar-refractivity contribution in [3.05, 3.63) is 0 Å². The van der Waals surface area contributed by atoms with Gasteiger partial charge in [0, 0.05) is 26.7 Å². The van der Waals surface area contributed by atoms with E-state index in [1.165, 1.54) is 0 Å². The molecule has 2 saturated heterocycles. The van der Waals surface area contributed by atoms with Gasteiger partial charge in [-0.15, -0.1) is 0 Å². The molecular weight excluding hydrogens is 182 g/mol. The summed E-state index contributed by atoms with van der Waals surface area (Å²) >= 11 is 0. The second-order valence-electron chi connectivity index (χ2n) is 3.92. The van der Waals surface area contributed by atoms with Crippen LogP contribution in [0.15, 0.2) is 0 Å². The van der Waals surface area contributed by atoms with Crippen LogP contribution in [0.1, 0.15) is 6.42 Å². The molecule has 1 amide bonds. The Morgan fingerprint density at radius 2 is 2.21 bits per heavy atom. The van der Waals surface area contributed by atoms with Crippen molar-refractivity contribution < 1.29 is 9.53 Å². The zero-order valence-electron chi connectivity index (χ0n) is 8.38. The molecule has 2 rings (SSSR count). The van der Waals surface area contributed by atoms with Crippen molar-refractivity contribution in [3.8, 4) is 0 Å². The fourth-order valence-electron chi connectivity index (χ4n) is 1.78. The molecule has 80 valence electrons. The lowest BCUT2D eigenvalue weighted by molar-refractivity contribution is -0.124. The molecule has 0 aromatic carbocycles. The van der Waals surface area contributed by atoms with Crippen molar-refractivity contribution >= 4 is 5.91 Å². The number of carbonyl (C=O) groups excluding carboxylic acids is 1. The van der Waals surface area contributed by atoms with Crippen LogP contribution in [-0.2, 0) is 9.53 Å². The molecule has 14 heavy (non-hydrogen) atoms. The number of rotatable bonds is 3. The minimum absolute atomic E-state index is 0.0689. The molecule has 2 atom stereocenters. The quantitative estimate of drug-likeness (QED) is 0.515. The third-order valence-corrected chi connectivity index (χ3v) is 2.87. The first-order valence-corrected chi connectivity index (χ1v) is 5.07. The lowest BCUT2D eigenvalue weighted by Gasteiger charge is -2.29. The van der Waals surface area contributed by atoms with Crippen molar-refractivity contribution in [1.82, 2.24) is 16.0 Å². The SMILES string of the molecule is COC1CNC(C(=O)NC2CNC2)C1. The van der Waals surface area contributed by atoms with Crippen LogP contribution in [0.2, 0.25) is 0 Å². The van der Waals surface area contributed by atoms with E-state index < -0.39 is 0 Å². The van der Waals surface area contributed by atoms with E-state index in [0.717, 1.165) is 26.1 Å². The van der Waals surface area contributed by atoms with Gasteiger partial charge < -0.3 is 20.7 Å². The second-order valence-corrected chi connectivity index (χ2v) is 3.92. The molecule has 0 saturated carbocycles. The number of amides is 1. The highest BCUT2D eigenvalue weighted by atomic mass is 16.5. The molecule has 0 aromatic rings. The standard InChI is InChI=1S/C9H17N3O2/c1-14-7-2-8(11-5-7)9(13)12-6-3-10-4-6/h6-8,10-11H,2-5H2,1H3,(H,12,13). The normalized spacial score (nSPS) is 32.6. The summed E-state index contributed by atoms with van der Waals surface area (Å²) in [5.74, 6) is 0.107. The number of hydrogen-bond donors (Lipinski definition) is 3. The van der Waals surface area contributed by atoms with Crippen LogP contribution >= 0.6 is 0 Å². The number of nitrogens with one attached hydrogen (secondary N) is 3. The van der Waals surface area contributed by atoms with E-state index in [4.69, 9.17) is 4.74 Å². The van der Waals surface area contributed by atoms with Crippen LogP contribution < -0.4 is 16.0 Å². The molecule has 2 fully saturated rings. The molecule has 3 N–H and O–H groups in total. The summed E-state index contributed by atoms with van der Waals surface area (Å²) in [6.07, 6.45) is 0.966. The van der Waals surface area contributed by atoms with Gasteiger partial charge in [0.2, 0.25) is 5.91 Å². The maximum atomic E-state index is 11.7. The molecule has 0 aliphatic carbocycles. The van der Waals surface area contributed by atoms with Gasteiger partial charge >= 0.3 is 0 Å². The summed E-state index contributed by atoms with van der Waals surface area (Å²) in [7, 11) is 1.68. The van der Waals surface area contributed by atoms with Crippen LogP contribution in [0.25, 0.3) is 0 Å². The molecule has 0 radical (unpaired) electrons. The van der Waals surface area contributed by atoms with E-state index in [1.807, 2.05) is 0 Å². The summed E-state index contributed by atoms with van der Waals surface area (Å²) < 4.78 is 5.18. The van der Waals surface area contributed by atoms with Crippen molar-refractivity contribution in [3.63, 3.8) is 0 Å². The molecule has 2 aliphatic rings. The first-order valence-electron chi connectivity index (χ1n) is 5.07.